The molecule has 0 atom stereocenters. The molecule has 1 fully saturated rings. The van der Waals surface area contributed by atoms with Gasteiger partial charge in [-0.15, -0.1) is 0 Å². The average molecular weight is 424 g/mol. The van der Waals surface area contributed by atoms with Gasteiger partial charge in [0, 0.05) is 63.6 Å². The summed E-state index contributed by atoms with van der Waals surface area (Å²) in [5.74, 6) is 1.78. The zero-order valence-electron chi connectivity index (χ0n) is 18.7. The normalized spacial score (nSPS) is 14.4. The Morgan fingerprint density at radius 2 is 1.87 bits per heavy atom. The summed E-state index contributed by atoms with van der Waals surface area (Å²) in [6.45, 7) is 7.30. The molecule has 1 heterocycles. The number of anilines is 1. The largest absolute Gasteiger partial charge is 0.497 e. The molecule has 0 saturated carbocycles. The molecular weight excluding hydrogens is 390 g/mol. The summed E-state index contributed by atoms with van der Waals surface area (Å²) in [6.07, 6.45) is 0.795. The molecule has 0 unspecified atom stereocenters. The van der Waals surface area contributed by atoms with Crippen LogP contribution in [0.15, 0.2) is 53.5 Å². The minimum absolute atomic E-state index is 0.0624. The first-order valence-corrected chi connectivity index (χ1v) is 10.9. The van der Waals surface area contributed by atoms with Crippen molar-refractivity contribution in [1.29, 1.82) is 0 Å². The van der Waals surface area contributed by atoms with E-state index in [1.165, 1.54) is 5.69 Å². The van der Waals surface area contributed by atoms with Crippen molar-refractivity contribution in [3.63, 3.8) is 0 Å². The minimum Gasteiger partial charge on any atom is -0.497 e. The van der Waals surface area contributed by atoms with Gasteiger partial charge in [-0.05, 0) is 43.2 Å². The zero-order valence-corrected chi connectivity index (χ0v) is 18.7. The van der Waals surface area contributed by atoms with E-state index in [9.17, 15) is 4.79 Å². The molecule has 166 valence electrons. The Balaban J connectivity index is 1.58. The molecule has 2 N–H and O–H groups in total. The Labute approximate surface area is 185 Å². The van der Waals surface area contributed by atoms with Crippen LogP contribution in [-0.2, 0) is 6.42 Å². The predicted octanol–water partition coefficient (Wildman–Crippen LogP) is 2.38. The fourth-order valence-corrected chi connectivity index (χ4v) is 3.71. The van der Waals surface area contributed by atoms with Crippen LogP contribution in [0.5, 0.6) is 5.75 Å². The summed E-state index contributed by atoms with van der Waals surface area (Å²) >= 11 is 0. The Morgan fingerprint density at radius 3 is 2.58 bits per heavy atom. The van der Waals surface area contributed by atoms with Gasteiger partial charge in [0.25, 0.3) is 5.91 Å². The van der Waals surface area contributed by atoms with Crippen molar-refractivity contribution in [2.45, 2.75) is 13.3 Å². The lowest BCUT2D eigenvalue weighted by molar-refractivity contribution is 0.0963. The van der Waals surface area contributed by atoms with Gasteiger partial charge >= 0.3 is 0 Å². The molecule has 0 bridgehead atoms. The molecule has 7 heteroatoms. The van der Waals surface area contributed by atoms with Crippen LogP contribution < -0.4 is 20.3 Å². The number of hydrogen-bond donors (Lipinski definition) is 2. The van der Waals surface area contributed by atoms with Gasteiger partial charge in [0.2, 0.25) is 0 Å². The van der Waals surface area contributed by atoms with Gasteiger partial charge in [0.05, 0.1) is 7.11 Å². The second-order valence-electron chi connectivity index (χ2n) is 7.44. The lowest BCUT2D eigenvalue weighted by Gasteiger charge is -2.37. The highest BCUT2D eigenvalue weighted by Gasteiger charge is 2.20. The zero-order chi connectivity index (χ0) is 22.1. The first-order chi connectivity index (χ1) is 15.1. The number of carbonyl (C=O) groups is 1. The molecule has 7 nitrogen and oxygen atoms in total. The van der Waals surface area contributed by atoms with Crippen molar-refractivity contribution >= 4 is 17.6 Å². The monoisotopic (exact) mass is 423 g/mol. The number of nitrogens with one attached hydrogen (secondary N) is 2. The molecule has 0 spiro atoms. The highest BCUT2D eigenvalue weighted by atomic mass is 16.5. The van der Waals surface area contributed by atoms with Crippen LogP contribution in [-0.4, -0.2) is 70.2 Å². The molecule has 1 aliphatic heterocycles. The molecule has 1 amide bonds. The van der Waals surface area contributed by atoms with E-state index in [1.807, 2.05) is 36.4 Å². The second kappa shape index (κ2) is 11.2. The van der Waals surface area contributed by atoms with Gasteiger partial charge in [0.15, 0.2) is 5.96 Å². The van der Waals surface area contributed by atoms with Crippen LogP contribution >= 0.6 is 0 Å². The summed E-state index contributed by atoms with van der Waals surface area (Å²) in [5.41, 5.74) is 2.99. The summed E-state index contributed by atoms with van der Waals surface area (Å²) < 4.78 is 5.36. The Hall–Kier alpha value is -3.22. The van der Waals surface area contributed by atoms with Crippen LogP contribution in [0.4, 0.5) is 5.69 Å². The molecule has 2 aromatic carbocycles. The smallest absolute Gasteiger partial charge is 0.251 e. The number of methoxy groups -OCH3 is 1. The third-order valence-corrected chi connectivity index (χ3v) is 5.41. The summed E-state index contributed by atoms with van der Waals surface area (Å²) in [4.78, 5) is 21.4. The average Bonchev–Trinajstić information content (AvgIpc) is 2.83. The van der Waals surface area contributed by atoms with E-state index >= 15 is 0 Å². The maximum Gasteiger partial charge on any atom is 0.251 e. The maximum atomic E-state index is 11.8. The number of amides is 1. The third kappa shape index (κ3) is 6.13. The number of rotatable bonds is 7. The van der Waals surface area contributed by atoms with Gasteiger partial charge < -0.3 is 25.2 Å². The standard InChI is InChI=1S/C24H33N5O2/c1-4-26-24(27-12-11-19-7-5-8-20(17-19)23(30)25-2)29-15-13-28(14-16-29)21-9-6-10-22(18-21)31-3/h5-10,17-18H,4,11-16H2,1-3H3,(H,25,30)(H,26,27). The van der Waals surface area contributed by atoms with E-state index in [0.29, 0.717) is 12.1 Å². The Morgan fingerprint density at radius 1 is 1.10 bits per heavy atom. The molecule has 1 saturated heterocycles. The topological polar surface area (TPSA) is 69.2 Å². The molecule has 0 radical (unpaired) electrons. The van der Waals surface area contributed by atoms with Crippen molar-refractivity contribution in [2.24, 2.45) is 4.99 Å². The number of guanidine groups is 1. The highest BCUT2D eigenvalue weighted by Crippen LogP contribution is 2.22. The number of nitrogens with zero attached hydrogens (tertiary/aromatic N) is 3. The van der Waals surface area contributed by atoms with Crippen LogP contribution in [0.25, 0.3) is 0 Å². The van der Waals surface area contributed by atoms with E-state index in [4.69, 9.17) is 9.73 Å². The van der Waals surface area contributed by atoms with Crippen LogP contribution in [0.3, 0.4) is 0 Å². The molecule has 0 aromatic heterocycles. The van der Waals surface area contributed by atoms with Crippen molar-refractivity contribution < 1.29 is 9.53 Å². The number of aliphatic imine (C=N–C) groups is 1. The van der Waals surface area contributed by atoms with E-state index in [-0.39, 0.29) is 5.91 Å². The molecular formula is C24H33N5O2. The fraction of sp³-hybridized carbons (Fsp3) is 0.417. The summed E-state index contributed by atoms with van der Waals surface area (Å²) in [5, 5.41) is 6.09. The number of benzene rings is 2. The number of piperazine rings is 1. The lowest BCUT2D eigenvalue weighted by atomic mass is 10.1. The lowest BCUT2D eigenvalue weighted by Crippen LogP contribution is -2.52. The minimum atomic E-state index is -0.0624. The first kappa shape index (κ1) is 22.5. The van der Waals surface area contributed by atoms with E-state index in [1.54, 1.807) is 14.2 Å². The molecule has 2 aromatic rings. The van der Waals surface area contributed by atoms with E-state index in [2.05, 4.69) is 39.5 Å². The number of carbonyl (C=O) groups excluding carboxylic acids is 1. The molecule has 3 rings (SSSR count). The Kier molecular flexibility index (Phi) is 8.15. The van der Waals surface area contributed by atoms with Crippen molar-refractivity contribution in [3.8, 4) is 5.75 Å². The van der Waals surface area contributed by atoms with E-state index in [0.717, 1.165) is 56.4 Å². The maximum absolute atomic E-state index is 11.8. The van der Waals surface area contributed by atoms with Gasteiger partial charge in [-0.25, -0.2) is 0 Å². The SMILES string of the molecule is CCNC(=NCCc1cccc(C(=O)NC)c1)N1CCN(c2cccc(OC)c2)CC1. The molecule has 31 heavy (non-hydrogen) atoms. The predicted molar refractivity (Wildman–Crippen MR) is 126 cm³/mol. The van der Waals surface area contributed by atoms with Gasteiger partial charge in [0.1, 0.15) is 5.75 Å². The van der Waals surface area contributed by atoms with Crippen LogP contribution in [0.2, 0.25) is 0 Å². The summed E-state index contributed by atoms with van der Waals surface area (Å²) in [6, 6.07) is 16.0. The number of hydrogen-bond acceptors (Lipinski definition) is 4. The van der Waals surface area contributed by atoms with Gasteiger partial charge in [-0.2, -0.15) is 0 Å². The molecule has 1 aliphatic rings. The highest BCUT2D eigenvalue weighted by molar-refractivity contribution is 5.94. The third-order valence-electron chi connectivity index (χ3n) is 5.41. The van der Waals surface area contributed by atoms with Crippen molar-refractivity contribution in [1.82, 2.24) is 15.5 Å². The van der Waals surface area contributed by atoms with Crippen LogP contribution in [0, 0.1) is 0 Å². The molecule has 0 aliphatic carbocycles. The number of ether oxygens (including phenoxy) is 1. The van der Waals surface area contributed by atoms with Gasteiger partial charge in [-0.1, -0.05) is 18.2 Å². The second-order valence-corrected chi connectivity index (χ2v) is 7.44. The fourth-order valence-electron chi connectivity index (χ4n) is 3.71. The van der Waals surface area contributed by atoms with Crippen molar-refractivity contribution in [3.05, 3.63) is 59.7 Å². The van der Waals surface area contributed by atoms with Crippen molar-refractivity contribution in [2.75, 3.05) is 58.3 Å². The summed E-state index contributed by atoms with van der Waals surface area (Å²) in [7, 11) is 3.35. The quantitative estimate of drug-likeness (QED) is 0.529. The van der Waals surface area contributed by atoms with Crippen LogP contribution in [0.1, 0.15) is 22.8 Å². The Bertz CT molecular complexity index is 891. The first-order valence-electron chi connectivity index (χ1n) is 10.9. The van der Waals surface area contributed by atoms with Gasteiger partial charge in [-0.3, -0.25) is 9.79 Å². The van der Waals surface area contributed by atoms with E-state index < -0.39 is 0 Å².